The second-order valence-electron chi connectivity index (χ2n) is 7.49. The highest BCUT2D eigenvalue weighted by molar-refractivity contribution is 5.92. The Kier molecular flexibility index (Phi) is 6.08. The number of aromatic nitrogens is 2. The molecule has 0 radical (unpaired) electrons. The average Bonchev–Trinajstić information content (AvgIpc) is 3.17. The molecular weight excluding hydrogens is 382 g/mol. The van der Waals surface area contributed by atoms with E-state index in [4.69, 9.17) is 4.98 Å². The number of benzene rings is 3. The molecule has 3 aromatic carbocycles. The van der Waals surface area contributed by atoms with Crippen LogP contribution in [0.15, 0.2) is 103 Å². The fourth-order valence-electron chi connectivity index (χ4n) is 3.56. The van der Waals surface area contributed by atoms with Crippen molar-refractivity contribution in [2.24, 2.45) is 0 Å². The highest BCUT2D eigenvalue weighted by atomic mass is 16.1. The first-order chi connectivity index (χ1) is 15.1. The van der Waals surface area contributed by atoms with Gasteiger partial charge in [-0.25, -0.2) is 4.98 Å². The Bertz CT molecular complexity index is 1180. The summed E-state index contributed by atoms with van der Waals surface area (Å²) in [6, 6.07) is 30.7. The molecule has 0 spiro atoms. The van der Waals surface area contributed by atoms with E-state index in [1.165, 1.54) is 5.56 Å². The maximum atomic E-state index is 12.2. The average molecular weight is 408 g/mol. The highest BCUT2D eigenvalue weighted by Gasteiger charge is 2.20. The zero-order valence-electron chi connectivity index (χ0n) is 17.6. The van der Waals surface area contributed by atoms with Gasteiger partial charge in [0.15, 0.2) is 0 Å². The number of amides is 1. The van der Waals surface area contributed by atoms with Crippen LogP contribution < -0.4 is 5.32 Å². The maximum Gasteiger partial charge on any atom is 0.246 e. The SMILES string of the molecule is C=C(C)C(=O)NCc1nc(-c2ccccc2)n(-c2ccccc2)c1Cc1ccccc1. The van der Waals surface area contributed by atoms with E-state index in [9.17, 15) is 4.79 Å². The normalized spacial score (nSPS) is 10.6. The van der Waals surface area contributed by atoms with E-state index >= 15 is 0 Å². The van der Waals surface area contributed by atoms with Gasteiger partial charge in [-0.3, -0.25) is 9.36 Å². The first-order valence-corrected chi connectivity index (χ1v) is 10.3. The fourth-order valence-corrected chi connectivity index (χ4v) is 3.56. The molecule has 0 aliphatic carbocycles. The number of rotatable bonds is 7. The van der Waals surface area contributed by atoms with Crippen molar-refractivity contribution in [1.29, 1.82) is 0 Å². The van der Waals surface area contributed by atoms with Gasteiger partial charge in [-0.05, 0) is 24.6 Å². The van der Waals surface area contributed by atoms with Crippen LogP contribution in [0.25, 0.3) is 17.1 Å². The predicted molar refractivity (Wildman–Crippen MR) is 125 cm³/mol. The molecular formula is C27H25N3O. The summed E-state index contributed by atoms with van der Waals surface area (Å²) in [6.07, 6.45) is 0.702. The number of hydrogen-bond donors (Lipinski definition) is 1. The van der Waals surface area contributed by atoms with Gasteiger partial charge < -0.3 is 5.32 Å². The van der Waals surface area contributed by atoms with Crippen LogP contribution in [-0.4, -0.2) is 15.5 Å². The second-order valence-corrected chi connectivity index (χ2v) is 7.49. The quantitative estimate of drug-likeness (QED) is 0.421. The molecule has 4 nitrogen and oxygen atoms in total. The lowest BCUT2D eigenvalue weighted by Crippen LogP contribution is -2.24. The zero-order valence-corrected chi connectivity index (χ0v) is 17.6. The molecule has 154 valence electrons. The molecule has 1 heterocycles. The lowest BCUT2D eigenvalue weighted by atomic mass is 10.1. The number of imidazole rings is 1. The standard InChI is InChI=1S/C27H25N3O/c1-20(2)27(31)28-19-24-25(18-21-12-6-3-7-13-21)30(23-16-10-5-11-17-23)26(29-24)22-14-8-4-9-15-22/h3-17H,1,18-19H2,2H3,(H,28,31). The van der Waals surface area contributed by atoms with E-state index in [-0.39, 0.29) is 5.91 Å². The van der Waals surface area contributed by atoms with E-state index in [0.717, 1.165) is 28.5 Å². The van der Waals surface area contributed by atoms with Crippen LogP contribution >= 0.6 is 0 Å². The van der Waals surface area contributed by atoms with Crippen molar-refractivity contribution in [3.05, 3.63) is 120 Å². The van der Waals surface area contributed by atoms with E-state index < -0.39 is 0 Å². The molecule has 1 aromatic heterocycles. The largest absolute Gasteiger partial charge is 0.347 e. The highest BCUT2D eigenvalue weighted by Crippen LogP contribution is 2.28. The molecule has 0 aliphatic rings. The summed E-state index contributed by atoms with van der Waals surface area (Å²) >= 11 is 0. The minimum absolute atomic E-state index is 0.166. The number of hydrogen-bond acceptors (Lipinski definition) is 2. The van der Waals surface area contributed by atoms with Gasteiger partial charge in [0.05, 0.1) is 17.9 Å². The van der Waals surface area contributed by atoms with Crippen LogP contribution in [0.2, 0.25) is 0 Å². The Morgan fingerprint density at radius 2 is 1.48 bits per heavy atom. The predicted octanol–water partition coefficient (Wildman–Crippen LogP) is 5.32. The minimum atomic E-state index is -0.166. The Morgan fingerprint density at radius 3 is 2.10 bits per heavy atom. The van der Waals surface area contributed by atoms with E-state index in [2.05, 4.69) is 52.9 Å². The van der Waals surface area contributed by atoms with Crippen molar-refractivity contribution in [3.63, 3.8) is 0 Å². The molecule has 0 atom stereocenters. The first kappa shape index (κ1) is 20.4. The van der Waals surface area contributed by atoms with Crippen molar-refractivity contribution >= 4 is 5.91 Å². The number of carbonyl (C=O) groups excluding carboxylic acids is 1. The Balaban J connectivity index is 1.88. The molecule has 0 saturated carbocycles. The summed E-state index contributed by atoms with van der Waals surface area (Å²) < 4.78 is 2.20. The Labute approximate surface area is 182 Å². The van der Waals surface area contributed by atoms with E-state index in [0.29, 0.717) is 18.5 Å². The molecule has 1 amide bonds. The lowest BCUT2D eigenvalue weighted by Gasteiger charge is -2.14. The van der Waals surface area contributed by atoms with Crippen molar-refractivity contribution in [2.75, 3.05) is 0 Å². The molecule has 0 saturated heterocycles. The van der Waals surface area contributed by atoms with Gasteiger partial charge in [-0.15, -0.1) is 0 Å². The second kappa shape index (κ2) is 9.26. The number of nitrogens with zero attached hydrogens (tertiary/aromatic N) is 2. The molecule has 1 N–H and O–H groups in total. The summed E-state index contributed by atoms with van der Waals surface area (Å²) in [7, 11) is 0. The fraction of sp³-hybridized carbons (Fsp3) is 0.111. The smallest absolute Gasteiger partial charge is 0.246 e. The van der Waals surface area contributed by atoms with Gasteiger partial charge in [0.2, 0.25) is 5.91 Å². The van der Waals surface area contributed by atoms with Crippen molar-refractivity contribution in [1.82, 2.24) is 14.9 Å². The lowest BCUT2D eigenvalue weighted by molar-refractivity contribution is -0.117. The number of para-hydroxylation sites is 1. The topological polar surface area (TPSA) is 46.9 Å². The molecule has 31 heavy (non-hydrogen) atoms. The van der Waals surface area contributed by atoms with Gasteiger partial charge in [0, 0.05) is 23.2 Å². The molecule has 0 aliphatic heterocycles. The summed E-state index contributed by atoms with van der Waals surface area (Å²) in [5.41, 5.74) is 5.64. The maximum absolute atomic E-state index is 12.2. The van der Waals surface area contributed by atoms with Gasteiger partial charge in [0.1, 0.15) is 5.82 Å². The van der Waals surface area contributed by atoms with Gasteiger partial charge in [0.25, 0.3) is 0 Å². The zero-order chi connectivity index (χ0) is 21.6. The molecule has 4 heteroatoms. The van der Waals surface area contributed by atoms with Crippen LogP contribution in [0.1, 0.15) is 23.9 Å². The minimum Gasteiger partial charge on any atom is -0.347 e. The monoisotopic (exact) mass is 407 g/mol. The van der Waals surface area contributed by atoms with Crippen molar-refractivity contribution in [3.8, 4) is 17.1 Å². The number of nitrogens with one attached hydrogen (secondary N) is 1. The van der Waals surface area contributed by atoms with Crippen LogP contribution in [0.5, 0.6) is 0 Å². The summed E-state index contributed by atoms with van der Waals surface area (Å²) in [5.74, 6) is 0.693. The third kappa shape index (κ3) is 4.64. The molecule has 0 unspecified atom stereocenters. The van der Waals surface area contributed by atoms with Crippen molar-refractivity contribution in [2.45, 2.75) is 19.9 Å². The molecule has 4 aromatic rings. The van der Waals surface area contributed by atoms with Gasteiger partial charge >= 0.3 is 0 Å². The van der Waals surface area contributed by atoms with Crippen molar-refractivity contribution < 1.29 is 4.79 Å². The van der Waals surface area contributed by atoms with Gasteiger partial charge in [-0.2, -0.15) is 0 Å². The number of carbonyl (C=O) groups is 1. The van der Waals surface area contributed by atoms with Crippen LogP contribution in [0.4, 0.5) is 0 Å². The molecule has 4 rings (SSSR count). The first-order valence-electron chi connectivity index (χ1n) is 10.3. The van der Waals surface area contributed by atoms with Crippen LogP contribution in [-0.2, 0) is 17.8 Å². The van der Waals surface area contributed by atoms with E-state index in [1.807, 2.05) is 54.6 Å². The summed E-state index contributed by atoms with van der Waals surface area (Å²) in [5, 5.41) is 2.95. The third-order valence-corrected chi connectivity index (χ3v) is 5.12. The summed E-state index contributed by atoms with van der Waals surface area (Å²) in [4.78, 5) is 17.2. The Hall–Kier alpha value is -3.92. The molecule has 0 bridgehead atoms. The summed E-state index contributed by atoms with van der Waals surface area (Å²) in [6.45, 7) is 5.79. The third-order valence-electron chi connectivity index (χ3n) is 5.12. The van der Waals surface area contributed by atoms with Gasteiger partial charge in [-0.1, -0.05) is 85.4 Å². The Morgan fingerprint density at radius 1 is 0.903 bits per heavy atom. The van der Waals surface area contributed by atoms with Crippen LogP contribution in [0, 0.1) is 0 Å². The van der Waals surface area contributed by atoms with Crippen LogP contribution in [0.3, 0.4) is 0 Å². The van der Waals surface area contributed by atoms with E-state index in [1.54, 1.807) is 6.92 Å². The molecule has 0 fully saturated rings.